The normalized spacial score (nSPS) is 17.3. The van der Waals surface area contributed by atoms with Gasteiger partial charge >= 0.3 is 18.0 Å². The lowest BCUT2D eigenvalue weighted by atomic mass is 10.2. The molecule has 0 aliphatic carbocycles. The highest BCUT2D eigenvalue weighted by Gasteiger charge is 2.26. The maximum absolute atomic E-state index is 11.6. The fraction of sp³-hybridized carbons (Fsp3) is 0.667. The molecule has 2 amide bonds. The lowest BCUT2D eigenvalue weighted by Gasteiger charge is -2.27. The molecule has 1 rings (SSSR count). The summed E-state index contributed by atoms with van der Waals surface area (Å²) in [5.41, 5.74) is 0. The summed E-state index contributed by atoms with van der Waals surface area (Å²) in [6, 6.07) is -1.89. The third-order valence-electron chi connectivity index (χ3n) is 2.27. The molecule has 0 bridgehead atoms. The highest BCUT2D eigenvalue weighted by atomic mass is 32.2. The van der Waals surface area contributed by atoms with E-state index in [0.29, 0.717) is 13.1 Å². The summed E-state index contributed by atoms with van der Waals surface area (Å²) in [4.78, 5) is 34.3. The van der Waals surface area contributed by atoms with Crippen LogP contribution in [0, 0.1) is 0 Å². The maximum Gasteiger partial charge on any atom is 0.326 e. The smallest absolute Gasteiger partial charge is 0.326 e. The van der Waals surface area contributed by atoms with Crippen molar-refractivity contribution < 1.29 is 24.6 Å². The summed E-state index contributed by atoms with van der Waals surface area (Å²) in [5, 5.41) is 19.5. The molecule has 0 unspecified atom stereocenters. The van der Waals surface area contributed by atoms with Crippen molar-refractivity contribution >= 4 is 29.7 Å². The molecule has 1 fully saturated rings. The van der Waals surface area contributed by atoms with Gasteiger partial charge in [0.05, 0.1) is 6.42 Å². The average molecular weight is 262 g/mol. The van der Waals surface area contributed by atoms with Crippen molar-refractivity contribution in [1.82, 2.24) is 10.2 Å². The van der Waals surface area contributed by atoms with Gasteiger partial charge in [-0.25, -0.2) is 9.59 Å². The zero-order valence-electron chi connectivity index (χ0n) is 9.09. The molecule has 1 aliphatic heterocycles. The molecule has 0 aromatic rings. The minimum atomic E-state index is -1.38. The maximum atomic E-state index is 11.6. The molecule has 7 nitrogen and oxygen atoms in total. The zero-order valence-corrected chi connectivity index (χ0v) is 9.90. The van der Waals surface area contributed by atoms with Crippen molar-refractivity contribution in [3.63, 3.8) is 0 Å². The first kappa shape index (κ1) is 13.6. The summed E-state index contributed by atoms with van der Waals surface area (Å²) in [6.45, 7) is 1.10. The van der Waals surface area contributed by atoms with Gasteiger partial charge < -0.3 is 20.4 Å². The number of amides is 2. The van der Waals surface area contributed by atoms with Crippen LogP contribution in [0.3, 0.4) is 0 Å². The SMILES string of the molecule is O=C(O)C[C@H](NC(=O)N1CCSCC1)C(=O)O. The molecule has 17 heavy (non-hydrogen) atoms. The summed E-state index contributed by atoms with van der Waals surface area (Å²) >= 11 is 1.72. The van der Waals surface area contributed by atoms with E-state index >= 15 is 0 Å². The van der Waals surface area contributed by atoms with Gasteiger partial charge in [-0.2, -0.15) is 11.8 Å². The standard InChI is InChI=1S/C9H14N2O5S/c12-7(13)5-6(8(14)15)10-9(16)11-1-3-17-4-2-11/h6H,1-5H2,(H,10,16)(H,12,13)(H,14,15)/t6-/m0/s1. The second kappa shape index (κ2) is 6.33. The number of carbonyl (C=O) groups is 3. The van der Waals surface area contributed by atoms with Crippen LogP contribution < -0.4 is 5.32 Å². The Hall–Kier alpha value is -1.44. The van der Waals surface area contributed by atoms with Gasteiger partial charge in [-0.15, -0.1) is 0 Å². The van der Waals surface area contributed by atoms with Gasteiger partial charge in [-0.1, -0.05) is 0 Å². The molecule has 96 valence electrons. The number of aliphatic carboxylic acids is 2. The molecule has 0 aromatic heterocycles. The summed E-state index contributed by atoms with van der Waals surface area (Å²) in [5.74, 6) is -0.979. The fourth-order valence-electron chi connectivity index (χ4n) is 1.38. The Bertz CT molecular complexity index is 317. The van der Waals surface area contributed by atoms with E-state index in [-0.39, 0.29) is 0 Å². The van der Waals surface area contributed by atoms with Gasteiger partial charge in [0, 0.05) is 24.6 Å². The van der Waals surface area contributed by atoms with Gasteiger partial charge in [-0.05, 0) is 0 Å². The second-order valence-corrected chi connectivity index (χ2v) is 4.76. The Labute approximate surface area is 102 Å². The molecule has 0 aromatic carbocycles. The van der Waals surface area contributed by atoms with Gasteiger partial charge in [0.1, 0.15) is 6.04 Å². The highest BCUT2D eigenvalue weighted by molar-refractivity contribution is 7.99. The van der Waals surface area contributed by atoms with Gasteiger partial charge in [-0.3, -0.25) is 4.79 Å². The van der Waals surface area contributed by atoms with Crippen LogP contribution in [0.5, 0.6) is 0 Å². The number of carboxylic acids is 2. The Kier molecular flexibility index (Phi) is 5.08. The van der Waals surface area contributed by atoms with Crippen LogP contribution in [0.15, 0.2) is 0 Å². The van der Waals surface area contributed by atoms with Crippen LogP contribution in [-0.2, 0) is 9.59 Å². The van der Waals surface area contributed by atoms with Crippen LogP contribution in [0.1, 0.15) is 6.42 Å². The average Bonchev–Trinajstić information content (AvgIpc) is 2.28. The highest BCUT2D eigenvalue weighted by Crippen LogP contribution is 2.09. The van der Waals surface area contributed by atoms with Gasteiger partial charge in [0.25, 0.3) is 0 Å². The molecule has 1 saturated heterocycles. The van der Waals surface area contributed by atoms with E-state index < -0.39 is 30.4 Å². The number of carbonyl (C=O) groups excluding carboxylic acids is 1. The predicted octanol–water partition coefficient (Wildman–Crippen LogP) is -0.327. The first-order chi connectivity index (χ1) is 8.00. The minimum absolute atomic E-state index is 0.515. The largest absolute Gasteiger partial charge is 0.481 e. The van der Waals surface area contributed by atoms with Crippen molar-refractivity contribution in [3.05, 3.63) is 0 Å². The number of nitrogens with one attached hydrogen (secondary N) is 1. The van der Waals surface area contributed by atoms with Crippen molar-refractivity contribution in [2.45, 2.75) is 12.5 Å². The number of hydrogen-bond acceptors (Lipinski definition) is 4. The third kappa shape index (κ3) is 4.51. The van der Waals surface area contributed by atoms with Crippen molar-refractivity contribution in [3.8, 4) is 0 Å². The van der Waals surface area contributed by atoms with Crippen LogP contribution in [0.25, 0.3) is 0 Å². The molecule has 0 radical (unpaired) electrons. The Morgan fingerprint density at radius 2 is 1.82 bits per heavy atom. The predicted molar refractivity (Wildman–Crippen MR) is 61.1 cm³/mol. The fourth-order valence-corrected chi connectivity index (χ4v) is 2.28. The minimum Gasteiger partial charge on any atom is -0.481 e. The summed E-state index contributed by atoms with van der Waals surface area (Å²) in [7, 11) is 0. The van der Waals surface area contributed by atoms with Crippen LogP contribution >= 0.6 is 11.8 Å². The Morgan fingerprint density at radius 3 is 2.29 bits per heavy atom. The first-order valence-corrected chi connectivity index (χ1v) is 6.24. The number of urea groups is 1. The number of hydrogen-bond donors (Lipinski definition) is 3. The van der Waals surface area contributed by atoms with Gasteiger partial charge in [0.15, 0.2) is 0 Å². The van der Waals surface area contributed by atoms with E-state index in [9.17, 15) is 14.4 Å². The van der Waals surface area contributed by atoms with Crippen LogP contribution in [0.2, 0.25) is 0 Å². The van der Waals surface area contributed by atoms with E-state index in [1.54, 1.807) is 11.8 Å². The molecular weight excluding hydrogens is 248 g/mol. The molecule has 8 heteroatoms. The molecule has 1 atom stereocenters. The Morgan fingerprint density at radius 1 is 1.24 bits per heavy atom. The van der Waals surface area contributed by atoms with E-state index in [1.165, 1.54) is 4.90 Å². The molecule has 0 spiro atoms. The van der Waals surface area contributed by atoms with E-state index in [4.69, 9.17) is 10.2 Å². The molecular formula is C9H14N2O5S. The van der Waals surface area contributed by atoms with Crippen molar-refractivity contribution in [2.75, 3.05) is 24.6 Å². The lowest BCUT2D eigenvalue weighted by molar-refractivity contribution is -0.145. The van der Waals surface area contributed by atoms with Crippen LogP contribution in [-0.4, -0.2) is 63.7 Å². The number of carboxylic acid groups (broad SMARTS) is 2. The zero-order chi connectivity index (χ0) is 12.8. The molecule has 3 N–H and O–H groups in total. The molecule has 0 saturated carbocycles. The second-order valence-electron chi connectivity index (χ2n) is 3.54. The van der Waals surface area contributed by atoms with E-state index in [2.05, 4.69) is 5.32 Å². The Balaban J connectivity index is 2.50. The quantitative estimate of drug-likeness (QED) is 0.640. The van der Waals surface area contributed by atoms with Crippen molar-refractivity contribution in [1.29, 1.82) is 0 Å². The molecule has 1 aliphatic rings. The van der Waals surface area contributed by atoms with Crippen molar-refractivity contribution in [2.24, 2.45) is 0 Å². The molecule has 1 heterocycles. The summed E-state index contributed by atoms with van der Waals surface area (Å²) in [6.07, 6.45) is -0.621. The lowest BCUT2D eigenvalue weighted by Crippen LogP contribution is -2.50. The topological polar surface area (TPSA) is 107 Å². The summed E-state index contributed by atoms with van der Waals surface area (Å²) < 4.78 is 0. The number of nitrogens with zero attached hydrogens (tertiary/aromatic N) is 1. The van der Waals surface area contributed by atoms with Crippen LogP contribution in [0.4, 0.5) is 4.79 Å². The monoisotopic (exact) mass is 262 g/mol. The van der Waals surface area contributed by atoms with E-state index in [1.807, 2.05) is 0 Å². The number of thioether (sulfide) groups is 1. The first-order valence-electron chi connectivity index (χ1n) is 5.08. The number of rotatable bonds is 4. The van der Waals surface area contributed by atoms with E-state index in [0.717, 1.165) is 11.5 Å². The third-order valence-corrected chi connectivity index (χ3v) is 3.22. The van der Waals surface area contributed by atoms with Gasteiger partial charge in [0.2, 0.25) is 0 Å².